The predicted molar refractivity (Wildman–Crippen MR) is 170 cm³/mol. The molecule has 0 radical (unpaired) electrons. The van der Waals surface area contributed by atoms with E-state index in [1.54, 1.807) is 6.07 Å². The van der Waals surface area contributed by atoms with E-state index in [-0.39, 0.29) is 44.3 Å². The number of piperazine rings is 1. The maximum Gasteiger partial charge on any atom is 0.319 e. The zero-order valence-electron chi connectivity index (χ0n) is 25.8. The van der Waals surface area contributed by atoms with Gasteiger partial charge >= 0.3 is 6.01 Å². The van der Waals surface area contributed by atoms with E-state index in [1.165, 1.54) is 10.5 Å². The average molecular weight is 631 g/mol. The molecule has 0 spiro atoms. The van der Waals surface area contributed by atoms with Crippen molar-refractivity contribution in [1.29, 1.82) is 0 Å². The van der Waals surface area contributed by atoms with Crippen molar-refractivity contribution in [2.45, 2.75) is 62.7 Å². The monoisotopic (exact) mass is 630 g/mol. The summed E-state index contributed by atoms with van der Waals surface area (Å²) >= 11 is 0. The smallest absolute Gasteiger partial charge is 0.319 e. The maximum absolute atomic E-state index is 16.7. The van der Waals surface area contributed by atoms with Crippen LogP contribution in [0.25, 0.3) is 26.9 Å². The van der Waals surface area contributed by atoms with E-state index >= 15 is 4.39 Å². The van der Waals surface area contributed by atoms with Gasteiger partial charge < -0.3 is 19.4 Å². The van der Waals surface area contributed by atoms with Crippen LogP contribution in [0, 0.1) is 12.4 Å². The normalized spacial score (nSPS) is 24.5. The van der Waals surface area contributed by atoms with Gasteiger partial charge in [0.1, 0.15) is 30.2 Å². The van der Waals surface area contributed by atoms with Crippen molar-refractivity contribution in [3.63, 3.8) is 0 Å². The summed E-state index contributed by atoms with van der Waals surface area (Å²) in [4.78, 5) is 30.8. The summed E-state index contributed by atoms with van der Waals surface area (Å²) in [5.74, 6) is -1.98. The fourth-order valence-electron chi connectivity index (χ4n) is 8.05. The highest BCUT2D eigenvalue weighted by molar-refractivity contribution is 5.94. The number of nitrogens with zero attached hydrogens (tertiary/aromatic N) is 6. The summed E-state index contributed by atoms with van der Waals surface area (Å²) in [5.41, 5.74) is 3.39. The Bertz CT molecular complexity index is 1740. The molecule has 46 heavy (non-hydrogen) atoms. The Balaban J connectivity index is 1.30. The van der Waals surface area contributed by atoms with E-state index in [0.717, 1.165) is 56.2 Å². The highest BCUT2D eigenvalue weighted by Crippen LogP contribution is 2.41. The van der Waals surface area contributed by atoms with E-state index in [2.05, 4.69) is 27.4 Å². The predicted octanol–water partition coefficient (Wildman–Crippen LogP) is 5.69. The first-order valence-electron chi connectivity index (χ1n) is 16.1. The number of carbonyl (C=O) groups is 1. The molecule has 1 aromatic heterocycles. The van der Waals surface area contributed by atoms with Crippen LogP contribution in [-0.2, 0) is 17.6 Å². The molecule has 4 heterocycles. The summed E-state index contributed by atoms with van der Waals surface area (Å²) in [6, 6.07) is 9.01. The highest BCUT2D eigenvalue weighted by atomic mass is 19.1. The van der Waals surface area contributed by atoms with Crippen LogP contribution in [0.5, 0.6) is 6.01 Å². The van der Waals surface area contributed by atoms with Crippen LogP contribution in [0.15, 0.2) is 42.7 Å². The Kier molecular flexibility index (Phi) is 8.09. The molecule has 240 valence electrons. The molecule has 1 aliphatic carbocycles. The summed E-state index contributed by atoms with van der Waals surface area (Å²) in [6.07, 6.45) is 5.23. The summed E-state index contributed by atoms with van der Waals surface area (Å²) in [7, 11) is 0. The Labute approximate surface area is 266 Å². The van der Waals surface area contributed by atoms with Crippen molar-refractivity contribution in [2.24, 2.45) is 0 Å². The fraction of sp³-hybridized carbons (Fsp3) is 0.486. The minimum Gasteiger partial charge on any atom is -0.461 e. The number of anilines is 1. The van der Waals surface area contributed by atoms with Crippen LogP contribution in [0.2, 0.25) is 0 Å². The van der Waals surface area contributed by atoms with Gasteiger partial charge in [-0.05, 0) is 67.8 Å². The first kappa shape index (κ1) is 30.5. The van der Waals surface area contributed by atoms with E-state index in [4.69, 9.17) is 16.3 Å². The number of fused-ring (bicyclic) bond motifs is 3. The average Bonchev–Trinajstić information content (AvgIpc) is 3.59. The van der Waals surface area contributed by atoms with E-state index < -0.39 is 35.3 Å². The van der Waals surface area contributed by atoms with Gasteiger partial charge in [-0.2, -0.15) is 9.97 Å². The van der Waals surface area contributed by atoms with Crippen LogP contribution >= 0.6 is 0 Å². The SMILES string of the molecule is [C-]#[N+]C[C@H]1CN(c2nc(OC[C@@]34CCCN3C[C@H](F)C4)nc3c(F)c(-c4cccc5c4CCCC5)ccc23)CCN1C(=O)C(=C)F. The number of ether oxygens (including phenoxy) is 1. The Morgan fingerprint density at radius 3 is 2.76 bits per heavy atom. The van der Waals surface area contributed by atoms with Gasteiger partial charge in [-0.15, -0.1) is 0 Å². The number of amides is 1. The van der Waals surface area contributed by atoms with E-state index in [1.807, 2.05) is 23.1 Å². The molecular formula is C35H37F3N6O2. The van der Waals surface area contributed by atoms with Crippen molar-refractivity contribution in [2.75, 3.05) is 50.8 Å². The van der Waals surface area contributed by atoms with E-state index in [0.29, 0.717) is 29.7 Å². The third-order valence-electron chi connectivity index (χ3n) is 10.3. The van der Waals surface area contributed by atoms with Crippen molar-refractivity contribution in [3.8, 4) is 17.1 Å². The minimum absolute atomic E-state index is 0.00505. The Morgan fingerprint density at radius 2 is 1.93 bits per heavy atom. The van der Waals surface area contributed by atoms with Crippen LogP contribution < -0.4 is 9.64 Å². The molecule has 0 unspecified atom stereocenters. The molecule has 0 saturated carbocycles. The lowest BCUT2D eigenvalue weighted by Crippen LogP contribution is -2.56. The van der Waals surface area contributed by atoms with E-state index in [9.17, 15) is 13.6 Å². The molecule has 0 N–H and O–H groups in total. The third kappa shape index (κ3) is 5.36. The molecule has 8 nitrogen and oxygen atoms in total. The third-order valence-corrected chi connectivity index (χ3v) is 10.3. The van der Waals surface area contributed by atoms with Gasteiger partial charge in [-0.3, -0.25) is 9.69 Å². The van der Waals surface area contributed by atoms with Gasteiger partial charge in [-0.25, -0.2) is 19.7 Å². The molecule has 1 amide bonds. The number of halogens is 3. The van der Waals surface area contributed by atoms with Crippen molar-refractivity contribution < 1.29 is 22.7 Å². The second kappa shape index (κ2) is 12.2. The number of alkyl halides is 1. The molecule has 0 bridgehead atoms. The van der Waals surface area contributed by atoms with Crippen LogP contribution in [0.3, 0.4) is 0 Å². The van der Waals surface area contributed by atoms with Gasteiger partial charge in [-0.1, -0.05) is 30.8 Å². The lowest BCUT2D eigenvalue weighted by molar-refractivity contribution is -0.131. The number of aromatic nitrogens is 2. The second-order valence-electron chi connectivity index (χ2n) is 13.0. The lowest BCUT2D eigenvalue weighted by Gasteiger charge is -2.39. The largest absolute Gasteiger partial charge is 0.461 e. The standard InChI is InChI=1S/C35H37F3N6O2/c1-22(36)33(45)44-16-15-42(20-25(44)18-39-2)32-29-12-11-28(27-10-5-8-23-7-3-4-9-26(23)27)30(38)31(29)40-34(41-32)46-21-35-13-6-14-43(35)19-24(37)17-35/h5,8,10-12,24-25H,1,3-4,6-7,9,13-21H2/t24-,25+,35+/m1/s1. The topological polar surface area (TPSA) is 66.2 Å². The first-order chi connectivity index (χ1) is 22.3. The number of hydrogen-bond acceptors (Lipinski definition) is 6. The van der Waals surface area contributed by atoms with Gasteiger partial charge in [0.2, 0.25) is 6.54 Å². The molecule has 3 fully saturated rings. The van der Waals surface area contributed by atoms with Crippen LogP contribution in [0.1, 0.15) is 43.2 Å². The van der Waals surface area contributed by atoms with Crippen molar-refractivity contribution in [3.05, 3.63) is 71.1 Å². The number of rotatable bonds is 7. The molecule has 11 heteroatoms. The minimum atomic E-state index is -1.08. The number of aryl methyl sites for hydroxylation is 1. The Morgan fingerprint density at radius 1 is 1.09 bits per heavy atom. The second-order valence-corrected chi connectivity index (χ2v) is 13.0. The summed E-state index contributed by atoms with van der Waals surface area (Å²) in [6.45, 7) is 12.5. The van der Waals surface area contributed by atoms with Gasteiger partial charge in [0, 0.05) is 43.5 Å². The number of benzene rings is 2. The van der Waals surface area contributed by atoms with Gasteiger partial charge in [0.15, 0.2) is 11.6 Å². The molecule has 3 atom stereocenters. The summed E-state index contributed by atoms with van der Waals surface area (Å²) < 4.78 is 51.3. The highest BCUT2D eigenvalue weighted by Gasteiger charge is 2.49. The molecule has 3 aromatic rings. The quantitative estimate of drug-likeness (QED) is 0.247. The zero-order chi connectivity index (χ0) is 32.0. The number of carbonyl (C=O) groups excluding carboxylic acids is 1. The summed E-state index contributed by atoms with van der Waals surface area (Å²) in [5, 5.41) is 0.472. The van der Waals surface area contributed by atoms with Gasteiger partial charge in [0.05, 0.1) is 5.54 Å². The molecule has 7 rings (SSSR count). The fourth-order valence-corrected chi connectivity index (χ4v) is 8.05. The van der Waals surface area contributed by atoms with Crippen LogP contribution in [0.4, 0.5) is 19.0 Å². The molecule has 4 aliphatic rings. The molecule has 2 aromatic carbocycles. The lowest BCUT2D eigenvalue weighted by atomic mass is 9.85. The molecular weight excluding hydrogens is 593 g/mol. The maximum atomic E-state index is 16.7. The number of hydrogen-bond donors (Lipinski definition) is 0. The van der Waals surface area contributed by atoms with Crippen LogP contribution in [-0.4, -0.2) is 89.3 Å². The van der Waals surface area contributed by atoms with Crippen molar-refractivity contribution in [1.82, 2.24) is 19.8 Å². The first-order valence-corrected chi connectivity index (χ1v) is 16.1. The van der Waals surface area contributed by atoms with Gasteiger partial charge in [0.25, 0.3) is 5.91 Å². The molecule has 3 aliphatic heterocycles. The molecule has 3 saturated heterocycles. The van der Waals surface area contributed by atoms with Crippen molar-refractivity contribution >= 4 is 22.6 Å². The zero-order valence-corrected chi connectivity index (χ0v) is 25.8. The Hall–Kier alpha value is -4.17.